The molecule has 0 fully saturated rings. The van der Waals surface area contributed by atoms with Crippen LogP contribution in [-0.4, -0.2) is 15.9 Å². The fourth-order valence-electron chi connectivity index (χ4n) is 3.40. The molecular formula is C24H22ClN3O2S. The van der Waals surface area contributed by atoms with Crippen LogP contribution in [0.3, 0.4) is 0 Å². The minimum atomic E-state index is -0.294. The van der Waals surface area contributed by atoms with Crippen LogP contribution in [0.15, 0.2) is 70.8 Å². The van der Waals surface area contributed by atoms with Gasteiger partial charge in [-0.3, -0.25) is 4.79 Å². The Labute approximate surface area is 189 Å². The average molecular weight is 452 g/mol. The van der Waals surface area contributed by atoms with Crippen molar-refractivity contribution in [3.63, 3.8) is 0 Å². The maximum absolute atomic E-state index is 13.1. The maximum Gasteiger partial charge on any atom is 0.322 e. The number of carbonyl (C=O) groups excluding carboxylic acids is 1. The number of aromatic nitrogens is 1. The number of fused-ring (bicyclic) bond motifs is 1. The molecule has 2 aromatic heterocycles. The van der Waals surface area contributed by atoms with E-state index in [0.717, 1.165) is 22.2 Å². The predicted octanol–water partition coefficient (Wildman–Crippen LogP) is 6.04. The van der Waals surface area contributed by atoms with Crippen LogP contribution in [0.2, 0.25) is 5.02 Å². The number of benzene rings is 2. The van der Waals surface area contributed by atoms with Gasteiger partial charge in [0.2, 0.25) is 0 Å². The molecule has 0 atom stereocenters. The first-order chi connectivity index (χ1) is 15.0. The number of nitrogens with one attached hydrogen (secondary N) is 2. The SMILES string of the molecule is CCc1ccc2[nH]c(=O)c(CN(Cc3cccs3)C(=O)Nc3cccc(Cl)c3)cc2c1. The summed E-state index contributed by atoms with van der Waals surface area (Å²) in [6.07, 6.45) is 0.914. The van der Waals surface area contributed by atoms with E-state index in [0.29, 0.717) is 22.8 Å². The summed E-state index contributed by atoms with van der Waals surface area (Å²) >= 11 is 7.62. The van der Waals surface area contributed by atoms with Crippen LogP contribution in [0.5, 0.6) is 0 Å². The first kappa shape index (κ1) is 21.2. The number of hydrogen-bond donors (Lipinski definition) is 2. The summed E-state index contributed by atoms with van der Waals surface area (Å²) in [7, 11) is 0. The summed E-state index contributed by atoms with van der Waals surface area (Å²) in [6, 6.07) is 18.5. The highest BCUT2D eigenvalue weighted by molar-refractivity contribution is 7.09. The van der Waals surface area contributed by atoms with Crippen LogP contribution in [0.25, 0.3) is 10.9 Å². The van der Waals surface area contributed by atoms with Crippen molar-refractivity contribution in [2.75, 3.05) is 5.32 Å². The Morgan fingerprint density at radius 3 is 2.71 bits per heavy atom. The molecule has 5 nitrogen and oxygen atoms in total. The highest BCUT2D eigenvalue weighted by Crippen LogP contribution is 2.20. The van der Waals surface area contributed by atoms with E-state index < -0.39 is 0 Å². The second-order valence-electron chi connectivity index (χ2n) is 7.27. The van der Waals surface area contributed by atoms with Gasteiger partial charge in [-0.1, -0.05) is 36.7 Å². The van der Waals surface area contributed by atoms with Crippen molar-refractivity contribution in [1.29, 1.82) is 0 Å². The number of pyridine rings is 1. The van der Waals surface area contributed by atoms with E-state index in [1.165, 1.54) is 5.56 Å². The highest BCUT2D eigenvalue weighted by Gasteiger charge is 2.18. The van der Waals surface area contributed by atoms with E-state index in [1.807, 2.05) is 35.7 Å². The van der Waals surface area contributed by atoms with Gasteiger partial charge in [0.05, 0.1) is 13.1 Å². The summed E-state index contributed by atoms with van der Waals surface area (Å²) < 4.78 is 0. The number of H-pyrrole nitrogens is 1. The van der Waals surface area contributed by atoms with Gasteiger partial charge < -0.3 is 15.2 Å². The zero-order valence-corrected chi connectivity index (χ0v) is 18.6. The lowest BCUT2D eigenvalue weighted by atomic mass is 10.1. The van der Waals surface area contributed by atoms with Crippen molar-refractivity contribution in [3.8, 4) is 0 Å². The lowest BCUT2D eigenvalue weighted by molar-refractivity contribution is 0.207. The largest absolute Gasteiger partial charge is 0.322 e. The molecule has 0 spiro atoms. The number of carbonyl (C=O) groups is 1. The van der Waals surface area contributed by atoms with Crippen LogP contribution in [0.1, 0.15) is 22.9 Å². The van der Waals surface area contributed by atoms with Gasteiger partial charge in [-0.25, -0.2) is 4.79 Å². The van der Waals surface area contributed by atoms with Crippen molar-refractivity contribution in [3.05, 3.63) is 97.4 Å². The second kappa shape index (κ2) is 9.37. The number of hydrogen-bond acceptors (Lipinski definition) is 3. The molecule has 7 heteroatoms. The molecule has 2 N–H and O–H groups in total. The average Bonchev–Trinajstić information content (AvgIpc) is 3.26. The Kier molecular flexibility index (Phi) is 6.39. The molecule has 0 aliphatic heterocycles. The summed E-state index contributed by atoms with van der Waals surface area (Å²) in [5, 5.41) is 6.36. The monoisotopic (exact) mass is 451 g/mol. The Morgan fingerprint density at radius 2 is 1.97 bits per heavy atom. The minimum absolute atomic E-state index is 0.186. The number of halogens is 1. The molecule has 4 rings (SSSR count). The van der Waals surface area contributed by atoms with E-state index in [-0.39, 0.29) is 18.1 Å². The molecule has 0 bridgehead atoms. The number of amides is 2. The van der Waals surface area contributed by atoms with Crippen LogP contribution in [0.4, 0.5) is 10.5 Å². The topological polar surface area (TPSA) is 65.2 Å². The standard InChI is InChI=1S/C24H22ClN3O2S/c1-2-16-8-9-22-17(11-16)12-18(23(29)27-22)14-28(15-21-7-4-10-31-21)24(30)26-20-6-3-5-19(25)13-20/h3-13H,2,14-15H2,1H3,(H,26,30)(H,27,29). The number of nitrogens with zero attached hydrogens (tertiary/aromatic N) is 1. The van der Waals surface area contributed by atoms with Crippen molar-refractivity contribution < 1.29 is 4.79 Å². The molecule has 2 aromatic carbocycles. The third-order valence-electron chi connectivity index (χ3n) is 5.04. The Balaban J connectivity index is 1.64. The van der Waals surface area contributed by atoms with Gasteiger partial charge in [-0.05, 0) is 65.2 Å². The molecule has 0 aliphatic rings. The molecule has 0 radical (unpaired) electrons. The minimum Gasteiger partial charge on any atom is -0.322 e. The van der Waals surface area contributed by atoms with Crippen molar-refractivity contribution in [2.45, 2.75) is 26.4 Å². The number of aryl methyl sites for hydroxylation is 1. The van der Waals surface area contributed by atoms with Gasteiger partial charge >= 0.3 is 6.03 Å². The number of thiophene rings is 1. The van der Waals surface area contributed by atoms with Crippen LogP contribution in [-0.2, 0) is 19.5 Å². The third kappa shape index (κ3) is 5.16. The molecule has 158 valence electrons. The van der Waals surface area contributed by atoms with Crippen LogP contribution in [0, 0.1) is 0 Å². The zero-order valence-electron chi connectivity index (χ0n) is 17.0. The number of urea groups is 1. The van der Waals surface area contributed by atoms with Gasteiger partial charge in [0, 0.05) is 26.7 Å². The predicted molar refractivity (Wildman–Crippen MR) is 128 cm³/mol. The smallest absolute Gasteiger partial charge is 0.322 e. The van der Waals surface area contributed by atoms with Gasteiger partial charge in [0.1, 0.15) is 0 Å². The Bertz CT molecular complexity index is 1270. The van der Waals surface area contributed by atoms with Crippen LogP contribution >= 0.6 is 22.9 Å². The number of rotatable bonds is 6. The normalized spacial score (nSPS) is 10.9. The molecule has 4 aromatic rings. The van der Waals surface area contributed by atoms with Crippen molar-refractivity contribution >= 4 is 45.6 Å². The van der Waals surface area contributed by atoms with E-state index >= 15 is 0 Å². The molecule has 2 amide bonds. The first-order valence-electron chi connectivity index (χ1n) is 10.0. The summed E-state index contributed by atoms with van der Waals surface area (Å²) in [5.74, 6) is 0. The van der Waals surface area contributed by atoms with Gasteiger partial charge in [0.15, 0.2) is 0 Å². The lowest BCUT2D eigenvalue weighted by Gasteiger charge is -2.23. The fourth-order valence-corrected chi connectivity index (χ4v) is 4.31. The maximum atomic E-state index is 13.1. The summed E-state index contributed by atoms with van der Waals surface area (Å²) in [6.45, 7) is 2.68. The van der Waals surface area contributed by atoms with Crippen molar-refractivity contribution in [2.24, 2.45) is 0 Å². The van der Waals surface area contributed by atoms with E-state index in [2.05, 4.69) is 23.3 Å². The van der Waals surface area contributed by atoms with E-state index in [4.69, 9.17) is 11.6 Å². The van der Waals surface area contributed by atoms with Crippen LogP contribution < -0.4 is 10.9 Å². The highest BCUT2D eigenvalue weighted by atomic mass is 35.5. The Morgan fingerprint density at radius 1 is 1.10 bits per heavy atom. The molecule has 0 aliphatic carbocycles. The quantitative estimate of drug-likeness (QED) is 0.375. The molecule has 2 heterocycles. The molecule has 31 heavy (non-hydrogen) atoms. The summed E-state index contributed by atoms with van der Waals surface area (Å²) in [5.41, 5.74) is 2.94. The molecule has 0 unspecified atom stereocenters. The molecule has 0 saturated heterocycles. The number of aromatic amines is 1. The fraction of sp³-hybridized carbons (Fsp3) is 0.167. The van der Waals surface area contributed by atoms with Gasteiger partial charge in [0.25, 0.3) is 5.56 Å². The third-order valence-corrected chi connectivity index (χ3v) is 6.14. The van der Waals surface area contributed by atoms with E-state index in [9.17, 15) is 9.59 Å². The summed E-state index contributed by atoms with van der Waals surface area (Å²) in [4.78, 5) is 31.4. The van der Waals surface area contributed by atoms with Crippen molar-refractivity contribution in [1.82, 2.24) is 9.88 Å². The molecule has 0 saturated carbocycles. The lowest BCUT2D eigenvalue weighted by Crippen LogP contribution is -2.35. The van der Waals surface area contributed by atoms with E-state index in [1.54, 1.807) is 40.5 Å². The van der Waals surface area contributed by atoms with Gasteiger partial charge in [-0.2, -0.15) is 0 Å². The first-order valence-corrected chi connectivity index (χ1v) is 11.3. The second-order valence-corrected chi connectivity index (χ2v) is 8.74. The number of anilines is 1. The van der Waals surface area contributed by atoms with Gasteiger partial charge in [-0.15, -0.1) is 11.3 Å². The zero-order chi connectivity index (χ0) is 21.8. The Hall–Kier alpha value is -3.09. The molecular weight excluding hydrogens is 430 g/mol.